The van der Waals surface area contributed by atoms with Crippen molar-refractivity contribution in [3.8, 4) is 12.8 Å². The molecular weight excluding hydrogens is 623 g/mol. The largest absolute Gasteiger partial charge is 0.430 e. The van der Waals surface area contributed by atoms with E-state index < -0.39 is 40.3 Å². The zero-order valence-electron chi connectivity index (χ0n) is 23.4. The summed E-state index contributed by atoms with van der Waals surface area (Å²) >= 11 is 0. The van der Waals surface area contributed by atoms with E-state index in [0.717, 1.165) is 18.2 Å². The monoisotopic (exact) mass is 653 g/mol. The van der Waals surface area contributed by atoms with E-state index in [1.807, 2.05) is 0 Å². The lowest BCUT2D eigenvalue weighted by Crippen LogP contribution is -2.54. The second kappa shape index (κ2) is 15.4. The average molecular weight is 654 g/mol. The van der Waals surface area contributed by atoms with Gasteiger partial charge in [0.2, 0.25) is 11.8 Å². The third kappa shape index (κ3) is 8.70. The van der Waals surface area contributed by atoms with E-state index in [2.05, 4.69) is 18.2 Å². The standard InChI is InChI=1S/C18H14F7NO2S.C8H14N2O3.C2H2/c19-13-4-6-14(7-5-13)29(28)26-9-1-2-11-10-12(3-8-15(11)26)16(27,17(20,21)22)18(23,24)25;1-7(11)9-6-8(12)10-2-4-13-5-3-10;1-2/h3-8,10,27H,1-2,9H2;2-6H2,1H3,(H,9,11);1-2H. The van der Waals surface area contributed by atoms with Crippen molar-refractivity contribution in [1.29, 1.82) is 0 Å². The molecule has 0 saturated carbocycles. The third-order valence-electron chi connectivity index (χ3n) is 6.46. The Hall–Kier alpha value is -3.68. The van der Waals surface area contributed by atoms with Gasteiger partial charge in [0.15, 0.2) is 11.0 Å². The Morgan fingerprint density at radius 3 is 2.07 bits per heavy atom. The Balaban J connectivity index is 0.000000376. The fourth-order valence-corrected chi connectivity index (χ4v) is 5.53. The van der Waals surface area contributed by atoms with Crippen LogP contribution in [0.25, 0.3) is 0 Å². The third-order valence-corrected chi connectivity index (χ3v) is 7.92. The lowest BCUT2D eigenvalue weighted by atomic mass is 9.89. The van der Waals surface area contributed by atoms with Crippen LogP contribution >= 0.6 is 0 Å². The van der Waals surface area contributed by atoms with Crippen LogP contribution in [0.1, 0.15) is 24.5 Å². The maximum absolute atomic E-state index is 13.1. The second-order valence-electron chi connectivity index (χ2n) is 9.36. The van der Waals surface area contributed by atoms with Crippen LogP contribution in [0.5, 0.6) is 0 Å². The molecule has 242 valence electrons. The van der Waals surface area contributed by atoms with Gasteiger partial charge >= 0.3 is 12.4 Å². The highest BCUT2D eigenvalue weighted by molar-refractivity contribution is 7.86. The number of ether oxygens (including phenoxy) is 1. The molecular formula is C28H30F7N3O5S. The molecule has 1 atom stereocenters. The summed E-state index contributed by atoms with van der Waals surface area (Å²) in [5.74, 6) is -0.770. The molecule has 1 unspecified atom stereocenters. The predicted molar refractivity (Wildman–Crippen MR) is 147 cm³/mol. The topological polar surface area (TPSA) is 99.2 Å². The van der Waals surface area contributed by atoms with Crippen molar-refractivity contribution in [3.63, 3.8) is 0 Å². The smallest absolute Gasteiger partial charge is 0.378 e. The maximum Gasteiger partial charge on any atom is 0.430 e. The summed E-state index contributed by atoms with van der Waals surface area (Å²) in [6, 6.07) is 6.89. The number of aliphatic hydroxyl groups is 1. The minimum Gasteiger partial charge on any atom is -0.378 e. The highest BCUT2D eigenvalue weighted by Crippen LogP contribution is 2.50. The van der Waals surface area contributed by atoms with Crippen LogP contribution in [-0.4, -0.2) is 77.8 Å². The lowest BCUT2D eigenvalue weighted by Gasteiger charge is -2.35. The molecule has 4 rings (SSSR count). The number of carbonyl (C=O) groups excluding carboxylic acids is 2. The van der Waals surface area contributed by atoms with Gasteiger partial charge in [-0.2, -0.15) is 26.3 Å². The van der Waals surface area contributed by atoms with E-state index in [1.54, 1.807) is 4.90 Å². The number of fused-ring (bicyclic) bond motifs is 1. The van der Waals surface area contributed by atoms with Crippen molar-refractivity contribution < 1.29 is 54.4 Å². The van der Waals surface area contributed by atoms with E-state index in [-0.39, 0.29) is 47.5 Å². The SMILES string of the molecule is C#C.CC(=O)NCC(=O)N1CCOCC1.O=S(c1ccc(F)cc1)N1CCCc2cc(C(O)(C(F)(F)F)C(F)(F)F)ccc21. The first-order valence-electron chi connectivity index (χ1n) is 12.9. The number of carbonyl (C=O) groups is 2. The zero-order valence-corrected chi connectivity index (χ0v) is 24.2. The summed E-state index contributed by atoms with van der Waals surface area (Å²) in [6.07, 6.45) is -3.50. The first-order chi connectivity index (χ1) is 20.6. The number of terminal acetylenes is 1. The van der Waals surface area contributed by atoms with Gasteiger partial charge in [0.25, 0.3) is 5.60 Å². The van der Waals surface area contributed by atoms with Gasteiger partial charge in [0.05, 0.1) is 30.3 Å². The van der Waals surface area contributed by atoms with Crippen molar-refractivity contribution in [1.82, 2.24) is 10.2 Å². The van der Waals surface area contributed by atoms with Crippen molar-refractivity contribution in [2.75, 3.05) is 43.7 Å². The summed E-state index contributed by atoms with van der Waals surface area (Å²) in [7, 11) is -1.84. The van der Waals surface area contributed by atoms with Gasteiger partial charge < -0.3 is 20.1 Å². The minimum absolute atomic E-state index is 0.0431. The first kappa shape index (κ1) is 36.5. The number of alkyl halides is 6. The van der Waals surface area contributed by atoms with Gasteiger partial charge in [-0.3, -0.25) is 13.9 Å². The molecule has 1 saturated heterocycles. The molecule has 2 aromatic carbocycles. The highest BCUT2D eigenvalue weighted by Gasteiger charge is 2.71. The Labute approximate surface area is 251 Å². The van der Waals surface area contributed by atoms with Gasteiger partial charge in [0, 0.05) is 32.1 Å². The molecule has 2 aliphatic heterocycles. The number of amides is 2. The summed E-state index contributed by atoms with van der Waals surface area (Å²) in [6.45, 7) is 4.15. The van der Waals surface area contributed by atoms with Crippen molar-refractivity contribution in [3.05, 3.63) is 59.4 Å². The molecule has 0 spiro atoms. The number of aryl methyl sites for hydroxylation is 1. The maximum atomic E-state index is 13.1. The molecule has 44 heavy (non-hydrogen) atoms. The lowest BCUT2D eigenvalue weighted by molar-refractivity contribution is -0.376. The van der Waals surface area contributed by atoms with E-state index in [1.165, 1.54) is 23.4 Å². The Kier molecular flexibility index (Phi) is 12.7. The summed E-state index contributed by atoms with van der Waals surface area (Å²) in [5.41, 5.74) is -6.09. The molecule has 8 nitrogen and oxygen atoms in total. The fourth-order valence-electron chi connectivity index (χ4n) is 4.25. The quantitative estimate of drug-likeness (QED) is 0.378. The van der Waals surface area contributed by atoms with E-state index in [0.29, 0.717) is 44.9 Å². The van der Waals surface area contributed by atoms with Crippen molar-refractivity contribution >= 4 is 28.5 Å². The molecule has 1 fully saturated rings. The molecule has 0 aliphatic carbocycles. The first-order valence-corrected chi connectivity index (χ1v) is 14.0. The predicted octanol–water partition coefficient (Wildman–Crippen LogP) is 3.84. The fraction of sp³-hybridized carbons (Fsp3) is 0.429. The van der Waals surface area contributed by atoms with Crippen LogP contribution in [0.15, 0.2) is 47.4 Å². The summed E-state index contributed by atoms with van der Waals surface area (Å²) in [4.78, 5) is 23.8. The number of benzene rings is 2. The summed E-state index contributed by atoms with van der Waals surface area (Å²) < 4.78 is 111. The van der Waals surface area contributed by atoms with E-state index >= 15 is 0 Å². The van der Waals surface area contributed by atoms with Crippen LogP contribution in [0.2, 0.25) is 0 Å². The Morgan fingerprint density at radius 2 is 1.55 bits per heavy atom. The number of nitrogens with zero attached hydrogens (tertiary/aromatic N) is 2. The highest BCUT2D eigenvalue weighted by atomic mass is 32.2. The molecule has 2 amide bonds. The molecule has 16 heteroatoms. The Morgan fingerprint density at radius 1 is 0.977 bits per heavy atom. The number of anilines is 1. The number of rotatable bonds is 5. The van der Waals surface area contributed by atoms with Gasteiger partial charge in [0.1, 0.15) is 5.82 Å². The molecule has 2 N–H and O–H groups in total. The summed E-state index contributed by atoms with van der Waals surface area (Å²) in [5, 5.41) is 12.0. The average Bonchev–Trinajstić information content (AvgIpc) is 2.99. The van der Waals surface area contributed by atoms with E-state index in [4.69, 9.17) is 4.74 Å². The van der Waals surface area contributed by atoms with Gasteiger partial charge in [-0.05, 0) is 48.7 Å². The molecule has 2 aliphatic rings. The van der Waals surface area contributed by atoms with Crippen molar-refractivity contribution in [2.45, 2.75) is 42.6 Å². The van der Waals surface area contributed by atoms with Gasteiger partial charge in [-0.25, -0.2) is 8.60 Å². The minimum atomic E-state index is -5.98. The molecule has 2 heterocycles. The number of halogens is 7. The molecule has 0 radical (unpaired) electrons. The normalized spacial score (nSPS) is 15.9. The zero-order chi connectivity index (χ0) is 33.3. The van der Waals surface area contributed by atoms with Crippen LogP contribution in [0.3, 0.4) is 0 Å². The van der Waals surface area contributed by atoms with Gasteiger partial charge in [-0.15, -0.1) is 12.8 Å². The van der Waals surface area contributed by atoms with Crippen LogP contribution < -0.4 is 9.62 Å². The molecule has 0 aromatic heterocycles. The van der Waals surface area contributed by atoms with Crippen LogP contribution in [0.4, 0.5) is 36.4 Å². The van der Waals surface area contributed by atoms with Gasteiger partial charge in [-0.1, -0.05) is 12.1 Å². The number of nitrogens with one attached hydrogen (secondary N) is 1. The van der Waals surface area contributed by atoms with E-state index in [9.17, 15) is 49.6 Å². The number of hydrogen-bond donors (Lipinski definition) is 2. The van der Waals surface area contributed by atoms with Crippen LogP contribution in [-0.2, 0) is 37.3 Å². The number of morpholine rings is 1. The second-order valence-corrected chi connectivity index (χ2v) is 10.8. The van der Waals surface area contributed by atoms with Crippen molar-refractivity contribution in [2.24, 2.45) is 0 Å². The molecule has 2 aromatic rings. The Bertz CT molecular complexity index is 1310. The molecule has 0 bridgehead atoms. The number of hydrogen-bond acceptors (Lipinski definition) is 5. The van der Waals surface area contributed by atoms with Crippen LogP contribution in [0, 0.1) is 18.7 Å².